The number of nitrogens with zero attached hydrogens (tertiary/aromatic N) is 2. The second-order valence-electron chi connectivity index (χ2n) is 20.0. The average molecular weight is 1070 g/mol. The van der Waals surface area contributed by atoms with Gasteiger partial charge < -0.3 is 38.8 Å². The molecular formula is C70H63N3O8. The second kappa shape index (κ2) is 23.7. The molecule has 0 bridgehead atoms. The molecule has 5 atom stereocenters. The zero-order valence-corrected chi connectivity index (χ0v) is 45.5. The number of ether oxygens (including phenoxy) is 6. The van der Waals surface area contributed by atoms with E-state index in [9.17, 15) is 5.11 Å². The van der Waals surface area contributed by atoms with Crippen molar-refractivity contribution in [2.24, 2.45) is 0 Å². The first kappa shape index (κ1) is 53.9. The maximum absolute atomic E-state index is 15.5. The Morgan fingerprint density at radius 3 is 1.09 bits per heavy atom. The summed E-state index contributed by atoms with van der Waals surface area (Å²) in [6, 6.07) is 85.4. The van der Waals surface area contributed by atoms with Crippen LogP contribution in [0.1, 0.15) is 63.2 Å². The second-order valence-corrected chi connectivity index (χ2v) is 20.0. The van der Waals surface area contributed by atoms with Crippen LogP contribution in [-0.4, -0.2) is 60.4 Å². The maximum Gasteiger partial charge on any atom is 0.351 e. The van der Waals surface area contributed by atoms with Crippen molar-refractivity contribution < 1.29 is 33.5 Å². The first-order chi connectivity index (χ1) is 39.7. The predicted molar refractivity (Wildman–Crippen MR) is 315 cm³/mol. The Kier molecular flexibility index (Phi) is 15.8. The molecule has 1 aliphatic rings. The van der Waals surface area contributed by atoms with Crippen LogP contribution in [0.5, 0.6) is 17.2 Å². The SMILES string of the molecule is COc1ccc(C(Nc2ccn([C@@H]3O[C@H](C(C)O)[C@@H](OC(c4ccccc4)(c4ccccc4)c4ccc(OC)cc4)[C@@H]3OC(c3ccccc3)(c3ccccc3)c3ccc(OC)cc3)c(=O)n2)(c2ccccc2)c2ccccc2)cc1. The van der Waals surface area contributed by atoms with Crippen molar-refractivity contribution in [2.45, 2.75) is 54.3 Å². The van der Waals surface area contributed by atoms with Crippen LogP contribution in [0.25, 0.3) is 0 Å². The van der Waals surface area contributed by atoms with E-state index in [-0.39, 0.29) is 0 Å². The zero-order chi connectivity index (χ0) is 55.8. The van der Waals surface area contributed by atoms with Crippen LogP contribution in [0.15, 0.2) is 272 Å². The van der Waals surface area contributed by atoms with Crippen LogP contribution in [0.3, 0.4) is 0 Å². The standard InChI is InChI=1S/C70H63N3O8/c1-49(74)63-64(80-69(53-27-15-7-16-28-53,54-29-17-8-18-30-54)57-37-43-60(77-3)44-38-57)65(81-70(55-31-19-9-20-32-55,56-33-21-10-22-34-56)58-39-45-61(78-4)46-40-58)66(79-63)73-48-47-62(71-67(73)75)72-68(50-23-11-5-12-24-50,51-25-13-6-14-26-51)52-35-41-59(76-2)42-36-52/h5-49,63-66,74H,1-4H3,(H,71,72,75)/t49?,63-,64-,65+,66-/m1/s1. The van der Waals surface area contributed by atoms with Crippen molar-refractivity contribution in [3.63, 3.8) is 0 Å². The molecule has 11 rings (SSSR count). The van der Waals surface area contributed by atoms with Crippen molar-refractivity contribution in [2.75, 3.05) is 26.6 Å². The third-order valence-electron chi connectivity index (χ3n) is 15.4. The first-order valence-corrected chi connectivity index (χ1v) is 27.0. The molecule has 1 unspecified atom stereocenters. The van der Waals surface area contributed by atoms with Crippen LogP contribution in [0.2, 0.25) is 0 Å². The van der Waals surface area contributed by atoms with Gasteiger partial charge in [0.15, 0.2) is 6.23 Å². The topological polar surface area (TPSA) is 123 Å². The molecule has 1 fully saturated rings. The Morgan fingerprint density at radius 2 is 0.753 bits per heavy atom. The van der Waals surface area contributed by atoms with Gasteiger partial charge in [-0.25, -0.2) is 4.79 Å². The van der Waals surface area contributed by atoms with Crippen LogP contribution in [0.4, 0.5) is 5.82 Å². The molecule has 0 spiro atoms. The molecular weight excluding hydrogens is 1010 g/mol. The van der Waals surface area contributed by atoms with Gasteiger partial charge in [0.25, 0.3) is 0 Å². The summed E-state index contributed by atoms with van der Waals surface area (Å²) in [5.41, 5.74) is 2.91. The number of rotatable bonds is 20. The minimum Gasteiger partial charge on any atom is -0.497 e. The first-order valence-electron chi connectivity index (χ1n) is 27.0. The van der Waals surface area contributed by atoms with E-state index < -0.39 is 53.1 Å². The van der Waals surface area contributed by atoms with Crippen molar-refractivity contribution in [1.82, 2.24) is 9.55 Å². The molecule has 2 N–H and O–H groups in total. The van der Waals surface area contributed by atoms with E-state index in [0.717, 1.165) is 50.1 Å². The molecule has 0 saturated carbocycles. The van der Waals surface area contributed by atoms with E-state index in [4.69, 9.17) is 33.4 Å². The third kappa shape index (κ3) is 10.3. The third-order valence-corrected chi connectivity index (χ3v) is 15.4. The molecule has 10 aromatic rings. The molecule has 11 nitrogen and oxygen atoms in total. The molecule has 1 aromatic heterocycles. The van der Waals surface area contributed by atoms with Gasteiger partial charge in [0.05, 0.1) is 27.4 Å². The minimum atomic E-state index is -1.42. The molecule has 2 heterocycles. The van der Waals surface area contributed by atoms with Crippen LogP contribution >= 0.6 is 0 Å². The Labute approximate surface area is 472 Å². The lowest BCUT2D eigenvalue weighted by Crippen LogP contribution is -2.50. The smallest absolute Gasteiger partial charge is 0.351 e. The Morgan fingerprint density at radius 1 is 0.444 bits per heavy atom. The number of benzene rings is 9. The fourth-order valence-electron chi connectivity index (χ4n) is 11.5. The quantitative estimate of drug-likeness (QED) is 0.0713. The number of aromatic nitrogens is 2. The Bertz CT molecular complexity index is 3550. The summed E-state index contributed by atoms with van der Waals surface area (Å²) < 4.78 is 41.8. The molecule has 9 aromatic carbocycles. The molecule has 0 aliphatic carbocycles. The minimum absolute atomic E-state index is 0.294. The van der Waals surface area contributed by atoms with Gasteiger partial charge in [-0.05, 0) is 99.5 Å². The Hall–Kier alpha value is -9.10. The number of aliphatic hydroxyl groups is 1. The highest BCUT2D eigenvalue weighted by Crippen LogP contribution is 2.51. The summed E-state index contributed by atoms with van der Waals surface area (Å²) >= 11 is 0. The van der Waals surface area contributed by atoms with Gasteiger partial charge in [-0.15, -0.1) is 0 Å². The van der Waals surface area contributed by atoms with Crippen molar-refractivity contribution >= 4 is 5.82 Å². The van der Waals surface area contributed by atoms with Gasteiger partial charge >= 0.3 is 5.69 Å². The molecule has 0 radical (unpaired) electrons. The lowest BCUT2D eigenvalue weighted by atomic mass is 9.77. The van der Waals surface area contributed by atoms with Crippen LogP contribution < -0.4 is 25.2 Å². The zero-order valence-electron chi connectivity index (χ0n) is 45.5. The van der Waals surface area contributed by atoms with Crippen molar-refractivity contribution in [1.29, 1.82) is 0 Å². The highest BCUT2D eigenvalue weighted by Gasteiger charge is 2.57. The largest absolute Gasteiger partial charge is 0.497 e. The lowest BCUT2D eigenvalue weighted by molar-refractivity contribution is -0.159. The summed E-state index contributed by atoms with van der Waals surface area (Å²) in [6.07, 6.45) is -4.17. The number of nitrogens with one attached hydrogen (secondary N) is 1. The fraction of sp³-hybridized carbons (Fsp3) is 0.171. The molecule has 1 saturated heterocycles. The highest BCUT2D eigenvalue weighted by molar-refractivity contribution is 5.59. The molecule has 406 valence electrons. The van der Waals surface area contributed by atoms with Gasteiger partial charge in [0, 0.05) is 6.20 Å². The van der Waals surface area contributed by atoms with E-state index in [1.807, 2.05) is 231 Å². The average Bonchev–Trinajstić information content (AvgIpc) is 3.97. The van der Waals surface area contributed by atoms with E-state index in [0.29, 0.717) is 23.1 Å². The summed E-state index contributed by atoms with van der Waals surface area (Å²) in [4.78, 5) is 20.4. The van der Waals surface area contributed by atoms with Gasteiger partial charge in [0.2, 0.25) is 0 Å². The number of aliphatic hydroxyl groups excluding tert-OH is 1. The number of anilines is 1. The highest BCUT2D eigenvalue weighted by atomic mass is 16.6. The molecule has 0 amide bonds. The van der Waals surface area contributed by atoms with E-state index in [2.05, 4.69) is 29.6 Å². The van der Waals surface area contributed by atoms with Crippen LogP contribution in [0, 0.1) is 0 Å². The van der Waals surface area contributed by atoms with Gasteiger partial charge in [-0.1, -0.05) is 218 Å². The van der Waals surface area contributed by atoms with Gasteiger partial charge in [-0.2, -0.15) is 4.98 Å². The fourth-order valence-corrected chi connectivity index (χ4v) is 11.5. The Balaban J connectivity index is 1.14. The number of hydrogen-bond acceptors (Lipinski definition) is 10. The lowest BCUT2D eigenvalue weighted by Gasteiger charge is -2.44. The van der Waals surface area contributed by atoms with E-state index >= 15 is 4.79 Å². The maximum atomic E-state index is 15.5. The van der Waals surface area contributed by atoms with Gasteiger partial charge in [-0.3, -0.25) is 4.57 Å². The summed E-state index contributed by atoms with van der Waals surface area (Å²) in [7, 11) is 4.91. The molecule has 11 heteroatoms. The summed E-state index contributed by atoms with van der Waals surface area (Å²) in [6.45, 7) is 1.67. The van der Waals surface area contributed by atoms with Crippen LogP contribution in [-0.2, 0) is 31.0 Å². The van der Waals surface area contributed by atoms with E-state index in [1.54, 1.807) is 40.5 Å². The predicted octanol–water partition coefficient (Wildman–Crippen LogP) is 12.7. The number of methoxy groups -OCH3 is 3. The normalized spacial score (nSPS) is 16.8. The van der Waals surface area contributed by atoms with Crippen molar-refractivity contribution in [3.8, 4) is 17.2 Å². The summed E-state index contributed by atoms with van der Waals surface area (Å²) in [5.74, 6) is 2.31. The monoisotopic (exact) mass is 1070 g/mol. The summed E-state index contributed by atoms with van der Waals surface area (Å²) in [5, 5.41) is 16.0. The van der Waals surface area contributed by atoms with Crippen molar-refractivity contribution in [3.05, 3.63) is 328 Å². The van der Waals surface area contributed by atoms with E-state index in [1.165, 1.54) is 4.57 Å². The molecule has 1 aliphatic heterocycles. The molecule has 81 heavy (non-hydrogen) atoms. The van der Waals surface area contributed by atoms with Gasteiger partial charge in [0.1, 0.15) is 58.1 Å². The number of hydrogen-bond donors (Lipinski definition) is 2.